The number of rotatable bonds is 4. The fraction of sp³-hybridized carbons (Fsp3) is 0.250. The van der Waals surface area contributed by atoms with Crippen molar-refractivity contribution < 1.29 is 26.8 Å². The first-order valence-electron chi connectivity index (χ1n) is 5.49. The van der Waals surface area contributed by atoms with E-state index >= 15 is 0 Å². The molecule has 1 fully saturated rings. The molecule has 0 radical (unpaired) electrons. The maximum absolute atomic E-state index is 11.7. The molecule has 1 aromatic rings. The van der Waals surface area contributed by atoms with Gasteiger partial charge in [-0.1, -0.05) is 30.0 Å². The minimum Gasteiger partial charge on any atom is -1.00 e. The van der Waals surface area contributed by atoms with Gasteiger partial charge in [-0.05, 0) is 12.1 Å². The maximum atomic E-state index is 11.7. The second-order valence-electron chi connectivity index (χ2n) is 3.72. The molecule has 7 heteroatoms. The molecule has 102 valence electrons. The molecule has 5 nitrogen and oxygen atoms in total. The highest BCUT2D eigenvalue weighted by molar-refractivity contribution is 8.14. The SMILES string of the molecule is O=C(NCCN1C(=O)CSC1=O)c1ccccc1.[Cl-]. The van der Waals surface area contributed by atoms with Crippen LogP contribution in [0.1, 0.15) is 10.4 Å². The normalized spacial score (nSPS) is 14.2. The average molecular weight is 300 g/mol. The van der Waals surface area contributed by atoms with Gasteiger partial charge in [-0.3, -0.25) is 19.3 Å². The summed E-state index contributed by atoms with van der Waals surface area (Å²) >= 11 is 0.993. The first kappa shape index (κ1) is 15.5. The summed E-state index contributed by atoms with van der Waals surface area (Å²) < 4.78 is 0. The van der Waals surface area contributed by atoms with Crippen molar-refractivity contribution in [2.45, 2.75) is 0 Å². The van der Waals surface area contributed by atoms with E-state index in [0.29, 0.717) is 5.56 Å². The highest BCUT2D eigenvalue weighted by atomic mass is 35.5. The van der Waals surface area contributed by atoms with Gasteiger partial charge in [-0.2, -0.15) is 0 Å². The standard InChI is InChI=1S/C12H12N2O3S.ClH/c15-10-8-18-12(17)14(10)7-6-13-11(16)9-4-2-1-3-5-9;/h1-5H,6-8H2,(H,13,16);1H/p-1. The summed E-state index contributed by atoms with van der Waals surface area (Å²) in [6, 6.07) is 8.79. The lowest BCUT2D eigenvalue weighted by atomic mass is 10.2. The molecule has 1 aromatic carbocycles. The van der Waals surface area contributed by atoms with Crippen LogP contribution in [0, 0.1) is 0 Å². The van der Waals surface area contributed by atoms with Crippen molar-refractivity contribution in [2.75, 3.05) is 18.8 Å². The van der Waals surface area contributed by atoms with E-state index in [-0.39, 0.29) is 48.3 Å². The average Bonchev–Trinajstić information content (AvgIpc) is 2.71. The predicted octanol–water partition coefficient (Wildman–Crippen LogP) is -1.88. The summed E-state index contributed by atoms with van der Waals surface area (Å²) in [5.41, 5.74) is 0.561. The maximum Gasteiger partial charge on any atom is 0.288 e. The predicted molar refractivity (Wildman–Crippen MR) is 68.3 cm³/mol. The Balaban J connectivity index is 0.00000180. The minimum absolute atomic E-state index is 0. The van der Waals surface area contributed by atoms with Gasteiger partial charge in [0, 0.05) is 18.7 Å². The Kier molecular flexibility index (Phi) is 5.85. The summed E-state index contributed by atoms with van der Waals surface area (Å²) in [5.74, 6) is -0.202. The fourth-order valence-electron chi connectivity index (χ4n) is 1.57. The third-order valence-corrected chi connectivity index (χ3v) is 3.36. The van der Waals surface area contributed by atoms with Crippen LogP contribution >= 0.6 is 11.8 Å². The van der Waals surface area contributed by atoms with Crippen molar-refractivity contribution in [1.82, 2.24) is 10.2 Å². The lowest BCUT2D eigenvalue weighted by molar-refractivity contribution is -0.124. The molecule has 0 saturated carbocycles. The molecular weight excluding hydrogens is 288 g/mol. The van der Waals surface area contributed by atoms with Gasteiger partial charge < -0.3 is 17.7 Å². The Morgan fingerprint density at radius 1 is 1.26 bits per heavy atom. The molecule has 1 aliphatic rings. The van der Waals surface area contributed by atoms with Crippen LogP contribution in [0.15, 0.2) is 30.3 Å². The third-order valence-electron chi connectivity index (χ3n) is 2.50. The van der Waals surface area contributed by atoms with E-state index in [9.17, 15) is 14.4 Å². The van der Waals surface area contributed by atoms with Crippen LogP contribution in [0.5, 0.6) is 0 Å². The number of carbonyl (C=O) groups excluding carboxylic acids is 3. The van der Waals surface area contributed by atoms with Crippen LogP contribution in [-0.4, -0.2) is 40.8 Å². The largest absolute Gasteiger partial charge is 1.00 e. The number of imide groups is 1. The van der Waals surface area contributed by atoms with E-state index in [4.69, 9.17) is 0 Å². The minimum atomic E-state index is -0.242. The molecule has 0 unspecified atom stereocenters. The Morgan fingerprint density at radius 3 is 2.53 bits per heavy atom. The number of thioether (sulfide) groups is 1. The first-order chi connectivity index (χ1) is 8.68. The van der Waals surface area contributed by atoms with Crippen LogP contribution in [0.3, 0.4) is 0 Å². The molecular formula is C12H12ClN2O3S-. The van der Waals surface area contributed by atoms with Crippen molar-refractivity contribution in [2.24, 2.45) is 0 Å². The smallest absolute Gasteiger partial charge is 0.288 e. The molecule has 1 aliphatic heterocycles. The van der Waals surface area contributed by atoms with E-state index in [1.54, 1.807) is 24.3 Å². The van der Waals surface area contributed by atoms with E-state index in [0.717, 1.165) is 16.7 Å². The van der Waals surface area contributed by atoms with Crippen LogP contribution in [-0.2, 0) is 4.79 Å². The number of amides is 3. The Bertz CT molecular complexity index is 465. The van der Waals surface area contributed by atoms with Crippen LogP contribution in [0.4, 0.5) is 4.79 Å². The monoisotopic (exact) mass is 299 g/mol. The van der Waals surface area contributed by atoms with Crippen LogP contribution in [0.25, 0.3) is 0 Å². The zero-order valence-electron chi connectivity index (χ0n) is 9.97. The van der Waals surface area contributed by atoms with E-state index < -0.39 is 0 Å². The second-order valence-corrected chi connectivity index (χ2v) is 4.65. The number of nitrogens with one attached hydrogen (secondary N) is 1. The van der Waals surface area contributed by atoms with Gasteiger partial charge in [-0.25, -0.2) is 0 Å². The third kappa shape index (κ3) is 3.97. The van der Waals surface area contributed by atoms with Crippen molar-refractivity contribution in [3.05, 3.63) is 35.9 Å². The number of carbonyl (C=O) groups is 3. The summed E-state index contributed by atoms with van der Waals surface area (Å²) in [4.78, 5) is 35.4. The van der Waals surface area contributed by atoms with Crippen molar-refractivity contribution in [1.29, 1.82) is 0 Å². The fourth-order valence-corrected chi connectivity index (χ4v) is 2.32. The Hall–Kier alpha value is -1.53. The molecule has 0 spiro atoms. The first-order valence-corrected chi connectivity index (χ1v) is 6.47. The zero-order chi connectivity index (χ0) is 13.0. The van der Waals surface area contributed by atoms with Crippen LogP contribution < -0.4 is 17.7 Å². The molecule has 0 aromatic heterocycles. The highest BCUT2D eigenvalue weighted by Gasteiger charge is 2.29. The number of nitrogens with zero attached hydrogens (tertiary/aromatic N) is 1. The van der Waals surface area contributed by atoms with E-state index in [1.165, 1.54) is 0 Å². The molecule has 19 heavy (non-hydrogen) atoms. The molecule has 3 amide bonds. The molecule has 0 aliphatic carbocycles. The molecule has 1 heterocycles. The molecule has 2 rings (SSSR count). The lowest BCUT2D eigenvalue weighted by Crippen LogP contribution is -3.00. The number of halogens is 1. The molecule has 0 atom stereocenters. The molecule has 1 saturated heterocycles. The van der Waals surface area contributed by atoms with E-state index in [1.807, 2.05) is 6.07 Å². The lowest BCUT2D eigenvalue weighted by Gasteiger charge is -2.13. The highest BCUT2D eigenvalue weighted by Crippen LogP contribution is 2.17. The molecule has 0 bridgehead atoms. The van der Waals surface area contributed by atoms with E-state index in [2.05, 4.69) is 5.32 Å². The number of hydrogen-bond donors (Lipinski definition) is 1. The number of hydrogen-bond acceptors (Lipinski definition) is 4. The summed E-state index contributed by atoms with van der Waals surface area (Å²) in [7, 11) is 0. The molecule has 1 N–H and O–H groups in total. The van der Waals surface area contributed by atoms with Crippen molar-refractivity contribution in [3.63, 3.8) is 0 Å². The van der Waals surface area contributed by atoms with Gasteiger partial charge in [0.05, 0.1) is 5.75 Å². The summed E-state index contributed by atoms with van der Waals surface area (Å²) in [6.45, 7) is 0.495. The van der Waals surface area contributed by atoms with Gasteiger partial charge in [0.25, 0.3) is 11.1 Å². The van der Waals surface area contributed by atoms with Gasteiger partial charge in [0.2, 0.25) is 5.91 Å². The van der Waals surface area contributed by atoms with Gasteiger partial charge in [0.15, 0.2) is 0 Å². The van der Waals surface area contributed by atoms with Crippen molar-refractivity contribution >= 4 is 28.8 Å². The summed E-state index contributed by atoms with van der Waals surface area (Å²) in [6.07, 6.45) is 0. The van der Waals surface area contributed by atoms with Crippen molar-refractivity contribution in [3.8, 4) is 0 Å². The topological polar surface area (TPSA) is 66.5 Å². The quantitative estimate of drug-likeness (QED) is 0.706. The summed E-state index contributed by atoms with van der Waals surface area (Å²) in [5, 5.41) is 2.43. The number of benzene rings is 1. The van der Waals surface area contributed by atoms with Gasteiger partial charge >= 0.3 is 0 Å². The van der Waals surface area contributed by atoms with Crippen LogP contribution in [0.2, 0.25) is 0 Å². The second kappa shape index (κ2) is 7.16. The van der Waals surface area contributed by atoms with Gasteiger partial charge in [0.1, 0.15) is 0 Å². The van der Waals surface area contributed by atoms with Gasteiger partial charge in [-0.15, -0.1) is 0 Å². The zero-order valence-corrected chi connectivity index (χ0v) is 11.5. The Labute approximate surface area is 121 Å². The Morgan fingerprint density at radius 2 is 1.95 bits per heavy atom.